The molecule has 1 fully saturated rings. The Hall–Kier alpha value is -3.10. The molecule has 0 aromatic heterocycles. The van der Waals surface area contributed by atoms with Crippen LogP contribution in [-0.2, 0) is 35.2 Å². The molecule has 0 bridgehead atoms. The van der Waals surface area contributed by atoms with Crippen molar-refractivity contribution in [3.8, 4) is 0 Å². The average Bonchev–Trinajstić information content (AvgIpc) is 3.23. The molecule has 2 amide bonds. The first-order chi connectivity index (χ1) is 16.2. The molecule has 0 radical (unpaired) electrons. The van der Waals surface area contributed by atoms with E-state index in [-0.39, 0.29) is 25.4 Å². The van der Waals surface area contributed by atoms with Gasteiger partial charge >= 0.3 is 18.0 Å². The van der Waals surface area contributed by atoms with Crippen LogP contribution in [0.25, 0.3) is 0 Å². The minimum atomic E-state index is -1.08. The zero-order chi connectivity index (χ0) is 26.2. The Labute approximate surface area is 207 Å². The lowest BCUT2D eigenvalue weighted by Crippen LogP contribution is -2.46. The number of nitrogens with one attached hydrogen (secondary N) is 1. The molecule has 1 aliphatic heterocycles. The third kappa shape index (κ3) is 9.96. The summed E-state index contributed by atoms with van der Waals surface area (Å²) in [5, 5.41) is 2.52. The minimum Gasteiger partial charge on any atom is -0.458 e. The smallest absolute Gasteiger partial charge is 0.408 e. The van der Waals surface area contributed by atoms with Gasteiger partial charge < -0.3 is 24.4 Å². The Morgan fingerprint density at radius 3 is 2.23 bits per heavy atom. The molecule has 2 atom stereocenters. The highest BCUT2D eigenvalue weighted by atomic mass is 16.6. The van der Waals surface area contributed by atoms with Crippen molar-refractivity contribution in [1.82, 2.24) is 10.2 Å². The maximum absolute atomic E-state index is 13.0. The van der Waals surface area contributed by atoms with Crippen molar-refractivity contribution in [2.75, 3.05) is 6.54 Å². The molecule has 0 aliphatic carbocycles. The van der Waals surface area contributed by atoms with Crippen molar-refractivity contribution < 1.29 is 33.4 Å². The molecule has 2 rings (SSSR count). The summed E-state index contributed by atoms with van der Waals surface area (Å²) in [7, 11) is 0. The normalized spacial score (nSPS) is 16.9. The van der Waals surface area contributed by atoms with Crippen molar-refractivity contribution in [1.29, 1.82) is 0 Å². The van der Waals surface area contributed by atoms with E-state index < -0.39 is 41.3 Å². The first-order valence-electron chi connectivity index (χ1n) is 12.0. The number of ether oxygens (including phenoxy) is 3. The van der Waals surface area contributed by atoms with Crippen LogP contribution < -0.4 is 5.32 Å². The third-order valence-electron chi connectivity index (χ3n) is 5.10. The quantitative estimate of drug-likeness (QED) is 0.436. The molecule has 1 heterocycles. The number of carbonyl (C=O) groups is 4. The Balaban J connectivity index is 2.00. The van der Waals surface area contributed by atoms with E-state index in [1.165, 1.54) is 4.90 Å². The zero-order valence-electron chi connectivity index (χ0n) is 21.6. The number of hydrogen-bond donors (Lipinski definition) is 1. The van der Waals surface area contributed by atoms with Gasteiger partial charge in [0.1, 0.15) is 29.9 Å². The van der Waals surface area contributed by atoms with Crippen LogP contribution in [0.4, 0.5) is 4.79 Å². The van der Waals surface area contributed by atoms with Crippen LogP contribution in [0.3, 0.4) is 0 Å². The van der Waals surface area contributed by atoms with Crippen LogP contribution in [0.5, 0.6) is 0 Å². The lowest BCUT2D eigenvalue weighted by molar-refractivity contribution is -0.163. The van der Waals surface area contributed by atoms with Gasteiger partial charge in [-0.25, -0.2) is 14.4 Å². The van der Waals surface area contributed by atoms with E-state index in [1.807, 2.05) is 30.3 Å². The van der Waals surface area contributed by atoms with Crippen molar-refractivity contribution in [3.05, 3.63) is 35.9 Å². The van der Waals surface area contributed by atoms with Crippen molar-refractivity contribution in [2.45, 2.75) is 97.1 Å². The molecule has 1 aromatic rings. The van der Waals surface area contributed by atoms with E-state index in [2.05, 4.69) is 5.32 Å². The monoisotopic (exact) mass is 490 g/mol. The van der Waals surface area contributed by atoms with Gasteiger partial charge in [-0.05, 0) is 66.4 Å². The molecule has 1 aromatic carbocycles. The molecule has 9 nitrogen and oxygen atoms in total. The maximum atomic E-state index is 13.0. The summed E-state index contributed by atoms with van der Waals surface area (Å²) >= 11 is 0. The van der Waals surface area contributed by atoms with Gasteiger partial charge in [-0.1, -0.05) is 30.3 Å². The second kappa shape index (κ2) is 12.0. The Morgan fingerprint density at radius 1 is 1.00 bits per heavy atom. The van der Waals surface area contributed by atoms with Crippen molar-refractivity contribution >= 4 is 23.9 Å². The SMILES string of the molecule is CC(C)(C)OC(=O)[C@H](CCC(=O)N1CCC[C@H]1C(=O)OC(C)(C)C)NC(=O)OCc1ccccc1. The summed E-state index contributed by atoms with van der Waals surface area (Å²) in [6, 6.07) is 7.41. The minimum absolute atomic E-state index is 0.00568. The topological polar surface area (TPSA) is 111 Å². The number of rotatable bonds is 8. The van der Waals surface area contributed by atoms with E-state index in [4.69, 9.17) is 14.2 Å². The van der Waals surface area contributed by atoms with Crippen LogP contribution in [0.2, 0.25) is 0 Å². The summed E-state index contributed by atoms with van der Waals surface area (Å²) in [5.74, 6) is -1.38. The standard InChI is InChI=1S/C26H38N2O7/c1-25(2,3)34-22(30)19(27-24(32)33-17-18-11-8-7-9-12-18)14-15-21(29)28-16-10-13-20(28)23(31)35-26(4,5)6/h7-9,11-12,19-20H,10,13-17H2,1-6H3,(H,27,32)/t19-,20-/m0/s1. The summed E-state index contributed by atoms with van der Waals surface area (Å²) in [6.07, 6.45) is 0.383. The molecular weight excluding hydrogens is 452 g/mol. The number of carbonyl (C=O) groups excluding carboxylic acids is 4. The van der Waals surface area contributed by atoms with Gasteiger partial charge in [0, 0.05) is 13.0 Å². The largest absolute Gasteiger partial charge is 0.458 e. The first-order valence-corrected chi connectivity index (χ1v) is 12.0. The lowest BCUT2D eigenvalue weighted by atomic mass is 10.1. The van der Waals surface area contributed by atoms with Crippen molar-refractivity contribution in [3.63, 3.8) is 0 Å². The summed E-state index contributed by atoms with van der Waals surface area (Å²) in [5.41, 5.74) is -0.625. The van der Waals surface area contributed by atoms with Gasteiger partial charge in [0.15, 0.2) is 0 Å². The highest BCUT2D eigenvalue weighted by Gasteiger charge is 2.37. The Bertz CT molecular complexity index is 887. The number of nitrogens with zero attached hydrogens (tertiary/aromatic N) is 1. The van der Waals surface area contributed by atoms with E-state index in [9.17, 15) is 19.2 Å². The first kappa shape index (κ1) is 28.1. The number of likely N-dealkylation sites (tertiary alicyclic amines) is 1. The number of alkyl carbamates (subject to hydrolysis) is 1. The summed E-state index contributed by atoms with van der Waals surface area (Å²) < 4.78 is 16.1. The van der Waals surface area contributed by atoms with Crippen LogP contribution in [0.1, 0.15) is 72.8 Å². The van der Waals surface area contributed by atoms with Gasteiger partial charge in [-0.15, -0.1) is 0 Å². The second-order valence-corrected chi connectivity index (χ2v) is 10.6. The molecular formula is C26H38N2O7. The predicted octanol–water partition coefficient (Wildman–Crippen LogP) is 3.74. The molecule has 1 saturated heterocycles. The zero-order valence-corrected chi connectivity index (χ0v) is 21.6. The maximum Gasteiger partial charge on any atom is 0.408 e. The Kier molecular flexibility index (Phi) is 9.68. The van der Waals surface area contributed by atoms with Gasteiger partial charge in [-0.2, -0.15) is 0 Å². The van der Waals surface area contributed by atoms with E-state index in [0.29, 0.717) is 19.4 Å². The number of hydrogen-bond acceptors (Lipinski definition) is 7. The molecule has 35 heavy (non-hydrogen) atoms. The van der Waals surface area contributed by atoms with E-state index >= 15 is 0 Å². The second-order valence-electron chi connectivity index (χ2n) is 10.6. The van der Waals surface area contributed by atoms with Gasteiger partial charge in [0.25, 0.3) is 0 Å². The average molecular weight is 491 g/mol. The fourth-order valence-electron chi connectivity index (χ4n) is 3.62. The highest BCUT2D eigenvalue weighted by Crippen LogP contribution is 2.23. The van der Waals surface area contributed by atoms with Crippen LogP contribution in [0.15, 0.2) is 30.3 Å². The molecule has 1 aliphatic rings. The molecule has 0 saturated carbocycles. The van der Waals surface area contributed by atoms with Gasteiger partial charge in [0.05, 0.1) is 0 Å². The summed E-state index contributed by atoms with van der Waals surface area (Å²) in [6.45, 7) is 11.0. The molecule has 194 valence electrons. The van der Waals surface area contributed by atoms with Crippen molar-refractivity contribution in [2.24, 2.45) is 0 Å². The van der Waals surface area contributed by atoms with E-state index in [0.717, 1.165) is 5.56 Å². The van der Waals surface area contributed by atoms with E-state index in [1.54, 1.807) is 41.5 Å². The lowest BCUT2D eigenvalue weighted by Gasteiger charge is -2.28. The number of benzene rings is 1. The summed E-state index contributed by atoms with van der Waals surface area (Å²) in [4.78, 5) is 52.1. The van der Waals surface area contributed by atoms with Gasteiger partial charge in [-0.3, -0.25) is 4.79 Å². The molecule has 0 unspecified atom stereocenters. The van der Waals surface area contributed by atoms with Gasteiger partial charge in [0.2, 0.25) is 5.91 Å². The predicted molar refractivity (Wildman–Crippen MR) is 129 cm³/mol. The fraction of sp³-hybridized carbons (Fsp3) is 0.615. The Morgan fingerprint density at radius 2 is 1.63 bits per heavy atom. The fourth-order valence-corrected chi connectivity index (χ4v) is 3.62. The van der Waals surface area contributed by atoms with Crippen LogP contribution >= 0.6 is 0 Å². The molecule has 0 spiro atoms. The molecule has 9 heteroatoms. The highest BCUT2D eigenvalue weighted by molar-refractivity contribution is 5.86. The number of esters is 2. The van der Waals surface area contributed by atoms with Crippen LogP contribution in [0, 0.1) is 0 Å². The molecule has 1 N–H and O–H groups in total. The van der Waals surface area contributed by atoms with Crippen LogP contribution in [-0.4, -0.2) is 58.7 Å². The third-order valence-corrected chi connectivity index (χ3v) is 5.10. The number of amides is 2.